The summed E-state index contributed by atoms with van der Waals surface area (Å²) in [6, 6.07) is 7.02. The molecule has 3 N–H and O–H groups in total. The second-order valence-corrected chi connectivity index (χ2v) is 12.8. The lowest BCUT2D eigenvalue weighted by Gasteiger charge is -2.29. The van der Waals surface area contributed by atoms with Gasteiger partial charge in [0.15, 0.2) is 5.82 Å². The number of aliphatic hydroxyl groups excluding tert-OH is 1. The minimum Gasteiger partial charge on any atom is -0.388 e. The fourth-order valence-corrected chi connectivity index (χ4v) is 7.30. The van der Waals surface area contributed by atoms with Crippen LogP contribution in [0.2, 0.25) is 5.02 Å². The molecule has 1 aliphatic carbocycles. The molecule has 8 nitrogen and oxygen atoms in total. The van der Waals surface area contributed by atoms with Crippen molar-refractivity contribution >= 4 is 44.2 Å². The predicted molar refractivity (Wildman–Crippen MR) is 155 cm³/mol. The van der Waals surface area contributed by atoms with Crippen LogP contribution in [0.25, 0.3) is 22.0 Å². The van der Waals surface area contributed by atoms with Crippen LogP contribution in [-0.4, -0.2) is 54.6 Å². The Kier molecular flexibility index (Phi) is 7.50. The summed E-state index contributed by atoms with van der Waals surface area (Å²) in [6.07, 6.45) is 2.90. The van der Waals surface area contributed by atoms with Crippen molar-refractivity contribution in [2.24, 2.45) is 0 Å². The van der Waals surface area contributed by atoms with Crippen molar-refractivity contribution in [2.75, 3.05) is 30.2 Å². The first-order valence-corrected chi connectivity index (χ1v) is 15.3. The normalized spacial score (nSPS) is 17.9. The van der Waals surface area contributed by atoms with E-state index in [1.54, 1.807) is 0 Å². The zero-order chi connectivity index (χ0) is 29.8. The second-order valence-electron chi connectivity index (χ2n) is 10.7. The van der Waals surface area contributed by atoms with E-state index < -0.39 is 44.8 Å². The van der Waals surface area contributed by atoms with E-state index in [0.717, 1.165) is 44.1 Å². The summed E-state index contributed by atoms with van der Waals surface area (Å²) in [6.45, 7) is 1.83. The average molecular weight is 618 g/mol. The lowest BCUT2D eigenvalue weighted by molar-refractivity contribution is 0.180. The largest absolute Gasteiger partial charge is 0.388 e. The lowest BCUT2D eigenvalue weighted by atomic mass is 10.0. The summed E-state index contributed by atoms with van der Waals surface area (Å²) in [5.41, 5.74) is -0.546. The van der Waals surface area contributed by atoms with E-state index in [2.05, 4.69) is 24.9 Å². The fraction of sp³-hybridized carbons (Fsp3) is 0.310. The number of fused-ring (bicyclic) bond motifs is 2. The zero-order valence-electron chi connectivity index (χ0n) is 22.5. The van der Waals surface area contributed by atoms with Crippen molar-refractivity contribution in [3.8, 4) is 11.1 Å². The maximum atomic E-state index is 15.8. The van der Waals surface area contributed by atoms with Crippen LogP contribution in [0, 0.1) is 17.5 Å². The number of piperidine rings is 1. The zero-order valence-corrected chi connectivity index (χ0v) is 24.0. The van der Waals surface area contributed by atoms with E-state index in [9.17, 15) is 13.5 Å². The van der Waals surface area contributed by atoms with Crippen LogP contribution in [0.3, 0.4) is 0 Å². The third-order valence-electron chi connectivity index (χ3n) is 7.84. The Morgan fingerprint density at radius 1 is 1.05 bits per heavy atom. The Labute approximate surface area is 245 Å². The fourth-order valence-electron chi connectivity index (χ4n) is 5.62. The minimum absolute atomic E-state index is 0.0150. The number of aromatic nitrogens is 2. The number of nitrogens with zero attached hydrogens (tertiary/aromatic N) is 3. The highest BCUT2D eigenvalue weighted by Gasteiger charge is 2.30. The number of sulfonamides is 1. The Morgan fingerprint density at radius 2 is 1.81 bits per heavy atom. The molecule has 1 atom stereocenters. The summed E-state index contributed by atoms with van der Waals surface area (Å²) < 4.78 is 74.9. The molecule has 0 amide bonds. The minimum atomic E-state index is -4.39. The number of aliphatic hydroxyl groups is 1. The number of hydrogen-bond acceptors (Lipinski definition) is 7. The molecule has 6 rings (SSSR count). The van der Waals surface area contributed by atoms with Gasteiger partial charge in [0.05, 0.1) is 22.3 Å². The molecule has 0 spiro atoms. The van der Waals surface area contributed by atoms with Crippen molar-refractivity contribution in [3.63, 3.8) is 0 Å². The number of anilines is 2. The highest BCUT2D eigenvalue weighted by molar-refractivity contribution is 7.92. The molecule has 2 heterocycles. The molecular weight excluding hydrogens is 591 g/mol. The molecule has 1 saturated heterocycles. The molecule has 0 bridgehead atoms. The van der Waals surface area contributed by atoms with Gasteiger partial charge in [-0.05, 0) is 98.9 Å². The van der Waals surface area contributed by atoms with Gasteiger partial charge in [0, 0.05) is 22.6 Å². The van der Waals surface area contributed by atoms with Crippen molar-refractivity contribution in [1.29, 1.82) is 0 Å². The number of rotatable bonds is 6. The number of nitrogens with one attached hydrogen (secondary N) is 2. The molecule has 0 saturated carbocycles. The van der Waals surface area contributed by atoms with E-state index in [4.69, 9.17) is 11.6 Å². The molecule has 1 aliphatic heterocycles. The van der Waals surface area contributed by atoms with Gasteiger partial charge in [0.1, 0.15) is 17.2 Å². The molecule has 3 aromatic carbocycles. The van der Waals surface area contributed by atoms with Crippen LogP contribution in [0.4, 0.5) is 24.8 Å². The van der Waals surface area contributed by atoms with E-state index in [1.165, 1.54) is 24.4 Å². The molecular formula is C29H27ClF3N5O3S. The Morgan fingerprint density at radius 3 is 2.57 bits per heavy atom. The average Bonchev–Trinajstić information content (AvgIpc) is 3.31. The first kappa shape index (κ1) is 28.7. The molecule has 4 aromatic rings. The summed E-state index contributed by atoms with van der Waals surface area (Å²) in [7, 11) is -2.35. The van der Waals surface area contributed by atoms with E-state index in [-0.39, 0.29) is 44.8 Å². The van der Waals surface area contributed by atoms with Gasteiger partial charge in [-0.25, -0.2) is 31.6 Å². The van der Waals surface area contributed by atoms with Crippen LogP contribution in [0.1, 0.15) is 36.5 Å². The van der Waals surface area contributed by atoms with E-state index in [1.807, 2.05) is 7.05 Å². The molecule has 220 valence electrons. The molecule has 42 heavy (non-hydrogen) atoms. The quantitative estimate of drug-likeness (QED) is 0.257. The predicted octanol–water partition coefficient (Wildman–Crippen LogP) is 5.65. The van der Waals surface area contributed by atoms with Crippen molar-refractivity contribution in [1.82, 2.24) is 14.9 Å². The summed E-state index contributed by atoms with van der Waals surface area (Å²) >= 11 is 6.11. The van der Waals surface area contributed by atoms with E-state index >= 15 is 13.2 Å². The van der Waals surface area contributed by atoms with Gasteiger partial charge in [0.25, 0.3) is 10.0 Å². The highest BCUT2D eigenvalue weighted by atomic mass is 35.5. The lowest BCUT2D eigenvalue weighted by Crippen LogP contribution is -2.37. The maximum absolute atomic E-state index is 15.8. The van der Waals surface area contributed by atoms with Crippen LogP contribution >= 0.6 is 11.6 Å². The SMILES string of the molecule is CN1CCC(Nc2ncc3cc(-c4c(F)ccc(NS(=O)(=O)c5cc(Cl)cc6c5CC[C@H]6O)c4F)cc(F)c3n2)CC1. The smallest absolute Gasteiger partial charge is 0.262 e. The first-order chi connectivity index (χ1) is 20.0. The number of benzene rings is 3. The van der Waals surface area contributed by atoms with Gasteiger partial charge < -0.3 is 15.3 Å². The molecule has 2 aliphatic rings. The highest BCUT2D eigenvalue weighted by Crippen LogP contribution is 2.39. The molecule has 0 radical (unpaired) electrons. The van der Waals surface area contributed by atoms with Crippen LogP contribution < -0.4 is 10.0 Å². The van der Waals surface area contributed by atoms with E-state index in [0.29, 0.717) is 17.5 Å². The molecule has 13 heteroatoms. The molecule has 0 unspecified atom stereocenters. The number of halogens is 4. The van der Waals surface area contributed by atoms with Gasteiger partial charge in [-0.3, -0.25) is 4.72 Å². The molecule has 1 fully saturated rings. The third kappa shape index (κ3) is 5.39. The Balaban J connectivity index is 1.32. The van der Waals surface area contributed by atoms with Gasteiger partial charge >= 0.3 is 0 Å². The molecule has 1 aromatic heterocycles. The van der Waals surface area contributed by atoms with Crippen molar-refractivity contribution in [3.05, 3.63) is 76.2 Å². The van der Waals surface area contributed by atoms with Crippen molar-refractivity contribution in [2.45, 2.75) is 42.7 Å². The summed E-state index contributed by atoms with van der Waals surface area (Å²) in [4.78, 5) is 10.6. The van der Waals surface area contributed by atoms with Gasteiger partial charge in [-0.2, -0.15) is 0 Å². The van der Waals surface area contributed by atoms with Gasteiger partial charge in [0.2, 0.25) is 5.95 Å². The summed E-state index contributed by atoms with van der Waals surface area (Å²) in [5, 5.41) is 13.7. The van der Waals surface area contributed by atoms with Gasteiger partial charge in [-0.1, -0.05) is 11.6 Å². The van der Waals surface area contributed by atoms with Crippen molar-refractivity contribution < 1.29 is 26.7 Å². The van der Waals surface area contributed by atoms with Crippen LogP contribution in [0.15, 0.2) is 47.5 Å². The number of hydrogen-bond donors (Lipinski definition) is 3. The standard InChI is InChI=1S/C29H27ClF3N5O3S/c1-38-8-6-18(7-9-38)35-29-34-14-16-10-15(11-22(32)28(16)36-29)26-21(31)3-4-23(27(26)33)37-42(40,41)25-13-17(30)12-20-19(25)2-5-24(20)39/h3-4,10-14,18,24,37,39H,2,5-9H2,1H3,(H,34,35,36)/t24-/m1/s1. The first-order valence-electron chi connectivity index (χ1n) is 13.4. The number of likely N-dealkylation sites (tertiary alicyclic amines) is 1. The Bertz CT molecular complexity index is 1820. The van der Waals surface area contributed by atoms with Gasteiger partial charge in [-0.15, -0.1) is 0 Å². The summed E-state index contributed by atoms with van der Waals surface area (Å²) in [5.74, 6) is -2.79. The monoisotopic (exact) mass is 617 g/mol. The second kappa shape index (κ2) is 11.0. The maximum Gasteiger partial charge on any atom is 0.262 e. The Hall–Kier alpha value is -3.45. The van der Waals surface area contributed by atoms with Crippen LogP contribution in [-0.2, 0) is 16.4 Å². The van der Waals surface area contributed by atoms with Crippen LogP contribution in [0.5, 0.6) is 0 Å². The topological polar surface area (TPSA) is 107 Å². The third-order valence-corrected chi connectivity index (χ3v) is 9.49.